The highest BCUT2D eigenvalue weighted by atomic mass is 16.6. The molecule has 1 heterocycles. The lowest BCUT2D eigenvalue weighted by Gasteiger charge is -1.97. The molecular formula is C8H9N3O4. The Kier molecular flexibility index (Phi) is 2.84. The Hall–Kier alpha value is -2.18. The fraction of sp³-hybridized carbons (Fsp3) is 0.250. The molecule has 0 amide bonds. The first-order chi connectivity index (χ1) is 6.99. The van der Waals surface area contributed by atoms with Crippen LogP contribution in [0.1, 0.15) is 16.2 Å². The smallest absolute Gasteiger partial charge is 0.361 e. The summed E-state index contributed by atoms with van der Waals surface area (Å²) in [4.78, 5) is 20.7. The second-order valence-electron chi connectivity index (χ2n) is 2.82. The number of nitrogens with zero attached hydrogens (tertiary/aromatic N) is 3. The van der Waals surface area contributed by atoms with Gasteiger partial charge in [0.1, 0.15) is 5.69 Å². The van der Waals surface area contributed by atoms with Gasteiger partial charge in [0.2, 0.25) is 5.69 Å². The molecule has 15 heavy (non-hydrogen) atoms. The van der Waals surface area contributed by atoms with Gasteiger partial charge >= 0.3 is 11.7 Å². The first-order valence-electron chi connectivity index (χ1n) is 4.05. The van der Waals surface area contributed by atoms with E-state index in [-0.39, 0.29) is 12.2 Å². The normalized spacial score (nSPS) is 9.93. The highest BCUT2D eigenvalue weighted by Gasteiger charge is 2.29. The molecule has 1 aromatic rings. The van der Waals surface area contributed by atoms with E-state index < -0.39 is 22.3 Å². The van der Waals surface area contributed by atoms with Crippen LogP contribution in [0.4, 0.5) is 5.69 Å². The van der Waals surface area contributed by atoms with E-state index in [2.05, 4.69) is 11.7 Å². The average molecular weight is 211 g/mol. The number of aryl methyl sites for hydroxylation is 1. The molecule has 0 aliphatic heterocycles. The van der Waals surface area contributed by atoms with Crippen LogP contribution in [0.2, 0.25) is 0 Å². The van der Waals surface area contributed by atoms with Crippen LogP contribution in [-0.4, -0.2) is 25.8 Å². The molecule has 1 N–H and O–H groups in total. The van der Waals surface area contributed by atoms with Gasteiger partial charge in [-0.05, 0) is 6.92 Å². The van der Waals surface area contributed by atoms with E-state index in [0.717, 1.165) is 4.68 Å². The van der Waals surface area contributed by atoms with Crippen molar-refractivity contribution < 1.29 is 14.8 Å². The fourth-order valence-corrected chi connectivity index (χ4v) is 1.26. The second-order valence-corrected chi connectivity index (χ2v) is 2.82. The third-order valence-corrected chi connectivity index (χ3v) is 1.78. The lowest BCUT2D eigenvalue weighted by atomic mass is 10.3. The van der Waals surface area contributed by atoms with Gasteiger partial charge in [-0.1, -0.05) is 6.08 Å². The van der Waals surface area contributed by atoms with Gasteiger partial charge in [-0.2, -0.15) is 5.10 Å². The van der Waals surface area contributed by atoms with Crippen molar-refractivity contribution in [2.75, 3.05) is 0 Å². The molecule has 0 atom stereocenters. The molecule has 0 aliphatic rings. The van der Waals surface area contributed by atoms with Crippen LogP contribution in [0.25, 0.3) is 0 Å². The maximum absolute atomic E-state index is 10.8. The maximum Gasteiger partial charge on any atom is 0.361 e. The van der Waals surface area contributed by atoms with Crippen LogP contribution in [-0.2, 0) is 6.54 Å². The molecule has 7 heteroatoms. The molecule has 0 aromatic carbocycles. The fourth-order valence-electron chi connectivity index (χ4n) is 1.26. The Morgan fingerprint density at radius 2 is 2.40 bits per heavy atom. The van der Waals surface area contributed by atoms with Gasteiger partial charge in [-0.25, -0.2) is 9.48 Å². The Balaban J connectivity index is 3.43. The number of hydrogen-bond acceptors (Lipinski definition) is 4. The van der Waals surface area contributed by atoms with Crippen LogP contribution in [0.3, 0.4) is 0 Å². The Bertz CT molecular complexity index is 435. The Morgan fingerprint density at radius 3 is 2.80 bits per heavy atom. The minimum absolute atomic E-state index is 0.0826. The maximum atomic E-state index is 10.8. The summed E-state index contributed by atoms with van der Waals surface area (Å²) in [5.74, 6) is -1.37. The monoisotopic (exact) mass is 211 g/mol. The molecule has 0 aliphatic carbocycles. The molecule has 7 nitrogen and oxygen atoms in total. The minimum atomic E-state index is -1.37. The molecule has 0 bridgehead atoms. The minimum Gasteiger partial charge on any atom is -0.476 e. The number of carboxylic acid groups (broad SMARTS) is 1. The van der Waals surface area contributed by atoms with E-state index in [4.69, 9.17) is 5.11 Å². The molecular weight excluding hydrogens is 202 g/mol. The van der Waals surface area contributed by atoms with Gasteiger partial charge < -0.3 is 5.11 Å². The van der Waals surface area contributed by atoms with E-state index in [1.807, 2.05) is 0 Å². The summed E-state index contributed by atoms with van der Waals surface area (Å²) in [7, 11) is 0. The Labute approximate surface area is 84.8 Å². The van der Waals surface area contributed by atoms with Gasteiger partial charge in [0.25, 0.3) is 0 Å². The third kappa shape index (κ3) is 1.85. The highest BCUT2D eigenvalue weighted by molar-refractivity contribution is 5.90. The second kappa shape index (κ2) is 3.91. The predicted octanol–water partition coefficient (Wildman–Crippen LogP) is 0.984. The predicted molar refractivity (Wildman–Crippen MR) is 50.8 cm³/mol. The summed E-state index contributed by atoms with van der Waals surface area (Å²) in [5.41, 5.74) is -0.805. The van der Waals surface area contributed by atoms with Gasteiger partial charge in [-0.15, -0.1) is 6.58 Å². The molecule has 1 aromatic heterocycles. The largest absolute Gasteiger partial charge is 0.476 e. The summed E-state index contributed by atoms with van der Waals surface area (Å²) in [6.45, 7) is 4.93. The first kappa shape index (κ1) is 10.9. The zero-order valence-electron chi connectivity index (χ0n) is 8.01. The van der Waals surface area contributed by atoms with Gasteiger partial charge in [0, 0.05) is 0 Å². The zero-order valence-corrected chi connectivity index (χ0v) is 8.01. The van der Waals surface area contributed by atoms with Gasteiger partial charge in [0.15, 0.2) is 0 Å². The molecule has 0 radical (unpaired) electrons. The van der Waals surface area contributed by atoms with Crippen LogP contribution >= 0.6 is 0 Å². The van der Waals surface area contributed by atoms with E-state index in [9.17, 15) is 14.9 Å². The number of carboxylic acids is 1. The number of hydrogen-bond donors (Lipinski definition) is 1. The molecule has 80 valence electrons. The molecule has 0 saturated heterocycles. The number of nitro groups is 1. The van der Waals surface area contributed by atoms with Crippen molar-refractivity contribution in [3.63, 3.8) is 0 Å². The third-order valence-electron chi connectivity index (χ3n) is 1.78. The lowest BCUT2D eigenvalue weighted by molar-refractivity contribution is -0.385. The van der Waals surface area contributed by atoms with Crippen LogP contribution in [0, 0.1) is 17.0 Å². The van der Waals surface area contributed by atoms with Crippen molar-refractivity contribution in [1.29, 1.82) is 0 Å². The van der Waals surface area contributed by atoms with Crippen molar-refractivity contribution in [2.24, 2.45) is 0 Å². The van der Waals surface area contributed by atoms with Crippen LogP contribution in [0.15, 0.2) is 12.7 Å². The number of aromatic nitrogens is 2. The first-order valence-corrected chi connectivity index (χ1v) is 4.05. The Morgan fingerprint density at radius 1 is 1.80 bits per heavy atom. The summed E-state index contributed by atoms with van der Waals surface area (Å²) in [6, 6.07) is 0. The van der Waals surface area contributed by atoms with Crippen molar-refractivity contribution in [2.45, 2.75) is 13.5 Å². The van der Waals surface area contributed by atoms with Crippen molar-refractivity contribution in [3.05, 3.63) is 34.2 Å². The molecule has 0 saturated carbocycles. The van der Waals surface area contributed by atoms with E-state index >= 15 is 0 Å². The summed E-state index contributed by atoms with van der Waals surface area (Å²) >= 11 is 0. The molecule has 1 rings (SSSR count). The quantitative estimate of drug-likeness (QED) is 0.454. The van der Waals surface area contributed by atoms with E-state index in [1.165, 1.54) is 13.0 Å². The summed E-state index contributed by atoms with van der Waals surface area (Å²) < 4.78 is 1.04. The van der Waals surface area contributed by atoms with Gasteiger partial charge in [0.05, 0.1) is 11.5 Å². The van der Waals surface area contributed by atoms with E-state index in [1.54, 1.807) is 0 Å². The topological polar surface area (TPSA) is 98.3 Å². The SMILES string of the molecule is C=CCn1nc(C)c([N+](=O)[O-])c1C(=O)O. The average Bonchev–Trinajstić information content (AvgIpc) is 2.42. The molecule has 0 fully saturated rings. The number of rotatable bonds is 4. The number of allylic oxidation sites excluding steroid dienone is 1. The number of aromatic carboxylic acids is 1. The standard InChI is InChI=1S/C8H9N3O4/c1-3-4-10-7(8(12)13)6(11(14)15)5(2)9-10/h3H,1,4H2,2H3,(H,12,13). The number of carbonyl (C=O) groups is 1. The van der Waals surface area contributed by atoms with Crippen LogP contribution in [0.5, 0.6) is 0 Å². The summed E-state index contributed by atoms with van der Waals surface area (Å²) in [5, 5.41) is 23.2. The van der Waals surface area contributed by atoms with Crippen molar-refractivity contribution in [3.8, 4) is 0 Å². The van der Waals surface area contributed by atoms with Crippen molar-refractivity contribution >= 4 is 11.7 Å². The van der Waals surface area contributed by atoms with E-state index in [0.29, 0.717) is 0 Å². The lowest BCUT2D eigenvalue weighted by Crippen LogP contribution is -2.10. The van der Waals surface area contributed by atoms with Crippen LogP contribution < -0.4 is 0 Å². The van der Waals surface area contributed by atoms with Crippen molar-refractivity contribution in [1.82, 2.24) is 9.78 Å². The van der Waals surface area contributed by atoms with Gasteiger partial charge in [-0.3, -0.25) is 10.1 Å². The highest BCUT2D eigenvalue weighted by Crippen LogP contribution is 2.22. The zero-order chi connectivity index (χ0) is 11.6. The molecule has 0 spiro atoms. The summed E-state index contributed by atoms with van der Waals surface area (Å²) in [6.07, 6.45) is 1.42. The molecule has 0 unspecified atom stereocenters.